The van der Waals surface area contributed by atoms with Crippen LogP contribution in [-0.4, -0.2) is 20.3 Å². The molecule has 1 aliphatic heterocycles. The first-order chi connectivity index (χ1) is 48.1. The third-order valence-electron chi connectivity index (χ3n) is 20.8. The zero-order chi connectivity index (χ0) is 69.2. The molecule has 0 radical (unpaired) electrons. The van der Waals surface area contributed by atoms with Crippen LogP contribution in [0.3, 0.4) is 0 Å². The summed E-state index contributed by atoms with van der Waals surface area (Å²) in [5.41, 5.74) is 15.2. The summed E-state index contributed by atoms with van der Waals surface area (Å²) < 4.78 is 25.5. The van der Waals surface area contributed by atoms with Gasteiger partial charge in [0.2, 0.25) is 11.4 Å². The number of ketones is 2. The van der Waals surface area contributed by atoms with Gasteiger partial charge in [-0.05, 0) is 116 Å². The van der Waals surface area contributed by atoms with Gasteiger partial charge in [-0.15, -0.1) is 90.7 Å². The Bertz CT molecular complexity index is 6370. The minimum atomic E-state index is -0.401. The maximum Gasteiger partial charge on any atom is 0.270 e. The highest BCUT2D eigenvalue weighted by molar-refractivity contribution is 7.58. The van der Waals surface area contributed by atoms with Gasteiger partial charge in [-0.2, -0.15) is 38.5 Å². The number of carbonyl (C=O) groups excluding carboxylic acids is 2. The number of hydrogen-bond acceptors (Lipinski definition) is 20. The van der Waals surface area contributed by atoms with Crippen molar-refractivity contribution in [1.82, 2.24) is 8.75 Å². The van der Waals surface area contributed by atoms with Gasteiger partial charge in [0.15, 0.2) is 11.6 Å². The molecule has 0 bridgehead atoms. The lowest BCUT2D eigenvalue weighted by atomic mass is 9.81. The highest BCUT2D eigenvalue weighted by Crippen LogP contribution is 2.70. The van der Waals surface area contributed by atoms with Gasteiger partial charge in [0, 0.05) is 105 Å². The second-order valence-corrected chi connectivity index (χ2v) is 36.6. The zero-order valence-corrected chi connectivity index (χ0v) is 61.2. The highest BCUT2D eigenvalue weighted by Gasteiger charge is 2.50. The first-order valence-electron chi connectivity index (χ1n) is 30.8. The Labute approximate surface area is 609 Å². The van der Waals surface area contributed by atoms with Crippen LogP contribution in [0.2, 0.25) is 0 Å². The molecular formula is C76H34N12O2S10. The molecule has 6 aliphatic carbocycles. The van der Waals surface area contributed by atoms with Crippen molar-refractivity contribution in [2.75, 3.05) is 0 Å². The minimum Gasteiger partial charge on any atom is -0.289 e. The number of Topliss-reactive ketones (excluding diaryl/α,β-unsaturated/α-hetero) is 2. The minimum absolute atomic E-state index is 0.0389. The van der Waals surface area contributed by atoms with Gasteiger partial charge in [0.05, 0.1) is 110 Å². The molecule has 9 aromatic heterocycles. The maximum absolute atomic E-state index is 14.2. The maximum atomic E-state index is 14.2. The largest absolute Gasteiger partial charge is 0.289 e. The average molecular weight is 1470 g/mol. The molecular weight excluding hydrogens is 1430 g/mol. The first kappa shape index (κ1) is 60.8. The zero-order valence-electron chi connectivity index (χ0n) is 53.0. The molecule has 0 spiro atoms. The van der Waals surface area contributed by atoms with Gasteiger partial charge >= 0.3 is 0 Å². The highest BCUT2D eigenvalue weighted by atomic mass is 32.1. The van der Waals surface area contributed by atoms with Crippen LogP contribution in [0.1, 0.15) is 153 Å². The van der Waals surface area contributed by atoms with Crippen molar-refractivity contribution < 1.29 is 9.59 Å². The number of fused-ring (bicyclic) bond motifs is 22. The van der Waals surface area contributed by atoms with E-state index in [1.807, 2.05) is 75.7 Å². The SMILES string of the molecule is [C-]#[N+]/C(C#N)=C1/C(=C/c2cc3c(s2)-c2sc4c5c(sc4c2C3(C)C)-c2sc(-c3c4c(c(-c6cc7c(s6)-c6sc8c9c(sc8c6C7(C)C)-c6sc(/C=C7\C(=O)c8cc([N+]#[C-])c(C#N)cc8C7=C(C#N)C#N)cc6C9(C)C)c6nsnc36)N=S=N4)cc2C5(C)C)C(=O)c2cc(C#N)c([N+]#[C-])cc21. The van der Waals surface area contributed by atoms with Gasteiger partial charge < -0.3 is 0 Å². The van der Waals surface area contributed by atoms with Crippen molar-refractivity contribution in [3.05, 3.63) is 193 Å². The van der Waals surface area contributed by atoms with E-state index < -0.39 is 22.4 Å². The van der Waals surface area contributed by atoms with E-state index in [2.05, 4.69) is 94.2 Å². The standard InChI is InChI=1S/C76H34N12O2S10/c1-73(2)38-16-30(14-36-47(29(24-79)25-80)32-12-27(22-77)43(83-10)19-35(32)60(36)90)91-61(38)65-51(73)69-71(95-65)53-67(97-69)63-40(75(53,5)6)20-45(93-63)49-55-57(87-99-85-55)50(58-56(49)86-100-88-58)46-21-41-64(94-46)68-54(76(41,7)8)72-70(98-68)52-66(96-72)62-39(74(52,3)4)17-31(92-62)15-37-48(44(26-81)84-11)33-18-42(82-9)28(23-78)13-34(33)59(37)89/h12-21H,1-8H3/b36-14-,37-15-,48-44+. The number of hydrogen-bond donors (Lipinski definition) is 0. The molecule has 0 saturated carbocycles. The van der Waals surface area contributed by atoms with Crippen molar-refractivity contribution in [2.24, 2.45) is 8.73 Å². The van der Waals surface area contributed by atoms with Crippen LogP contribution < -0.4 is 0 Å². The summed E-state index contributed by atoms with van der Waals surface area (Å²) >= 11 is 16.6. The van der Waals surface area contributed by atoms with Crippen LogP contribution in [0, 0.1) is 76.4 Å². The molecule has 7 aliphatic rings. The first-order valence-corrected chi connectivity index (χ1v) is 38.8. The lowest BCUT2D eigenvalue weighted by molar-refractivity contribution is 0.103. The Morgan fingerprint density at radius 2 is 0.840 bits per heavy atom. The van der Waals surface area contributed by atoms with E-state index in [1.165, 1.54) is 129 Å². The van der Waals surface area contributed by atoms with E-state index in [1.54, 1.807) is 57.5 Å². The smallest absolute Gasteiger partial charge is 0.270 e. The predicted octanol–water partition coefficient (Wildman–Crippen LogP) is 23.1. The van der Waals surface area contributed by atoms with Gasteiger partial charge in [-0.25, -0.2) is 19.8 Å². The summed E-state index contributed by atoms with van der Waals surface area (Å²) in [6.07, 6.45) is 3.53. The molecule has 24 heteroatoms. The molecule has 470 valence electrons. The quantitative estimate of drug-likeness (QED) is 0.0928. The molecule has 10 heterocycles. The number of carbonyl (C=O) groups is 2. The van der Waals surface area contributed by atoms with Crippen LogP contribution >= 0.6 is 102 Å². The van der Waals surface area contributed by atoms with Crippen molar-refractivity contribution in [3.8, 4) is 90.2 Å². The molecule has 0 fully saturated rings. The van der Waals surface area contributed by atoms with E-state index in [9.17, 15) is 35.9 Å². The number of allylic oxidation sites excluding steroid dienone is 6. The number of benzene rings is 3. The topological polar surface area (TPSA) is 217 Å². The molecule has 19 rings (SSSR count). The second-order valence-electron chi connectivity index (χ2n) is 27.2. The fourth-order valence-corrected chi connectivity index (χ4v) is 30.1. The molecule has 3 aromatic carbocycles. The van der Waals surface area contributed by atoms with E-state index >= 15 is 0 Å². The van der Waals surface area contributed by atoms with E-state index in [0.717, 1.165) is 73.9 Å². The number of aromatic nitrogens is 2. The van der Waals surface area contributed by atoms with Crippen LogP contribution in [-0.2, 0) is 33.0 Å². The summed E-state index contributed by atoms with van der Waals surface area (Å²) in [4.78, 5) is 52.4. The molecule has 0 saturated heterocycles. The van der Waals surface area contributed by atoms with Crippen LogP contribution in [0.25, 0.3) is 128 Å². The molecule has 0 N–H and O–H groups in total. The molecule has 0 amide bonds. The van der Waals surface area contributed by atoms with Crippen molar-refractivity contribution in [2.45, 2.75) is 77.0 Å². The lowest BCUT2D eigenvalue weighted by Gasteiger charge is -2.21. The molecule has 14 nitrogen and oxygen atoms in total. The Kier molecular flexibility index (Phi) is 12.3. The second kappa shape index (κ2) is 20.2. The number of nitrogens with zero attached hydrogens (tertiary/aromatic N) is 12. The van der Waals surface area contributed by atoms with E-state index in [-0.39, 0.29) is 78.0 Å². The third-order valence-corrected chi connectivity index (χ3v) is 32.0. The van der Waals surface area contributed by atoms with Crippen molar-refractivity contribution in [1.29, 1.82) is 26.3 Å². The fourth-order valence-electron chi connectivity index (χ4n) is 16.1. The van der Waals surface area contributed by atoms with Crippen molar-refractivity contribution in [3.63, 3.8) is 0 Å². The van der Waals surface area contributed by atoms with Crippen molar-refractivity contribution >= 4 is 201 Å². The molecule has 12 aromatic rings. The Balaban J connectivity index is 0.657. The Morgan fingerprint density at radius 3 is 1.24 bits per heavy atom. The normalized spacial score (nSPS) is 17.5. The van der Waals surface area contributed by atoms with Crippen LogP contribution in [0.4, 0.5) is 22.7 Å². The summed E-state index contributed by atoms with van der Waals surface area (Å²) in [5.74, 6) is -0.793. The summed E-state index contributed by atoms with van der Waals surface area (Å²) in [6, 6.07) is 24.6. The molecule has 0 atom stereocenters. The number of thiophene rings is 8. The third kappa shape index (κ3) is 7.43. The van der Waals surface area contributed by atoms with E-state index in [0.29, 0.717) is 11.1 Å². The predicted molar refractivity (Wildman–Crippen MR) is 405 cm³/mol. The summed E-state index contributed by atoms with van der Waals surface area (Å²) in [6.45, 7) is 41.6. The van der Waals surface area contributed by atoms with Gasteiger partial charge in [-0.3, -0.25) is 9.59 Å². The monoisotopic (exact) mass is 1470 g/mol. The average Bonchev–Trinajstić information content (AvgIpc) is 1.51. The summed E-state index contributed by atoms with van der Waals surface area (Å²) in [7, 11) is 0. The van der Waals surface area contributed by atoms with Crippen LogP contribution in [0.15, 0.2) is 79.7 Å². The fraction of sp³-hybridized carbons (Fsp3) is 0.158. The van der Waals surface area contributed by atoms with E-state index in [4.69, 9.17) is 37.2 Å². The van der Waals surface area contributed by atoms with Gasteiger partial charge in [0.25, 0.3) is 5.70 Å². The van der Waals surface area contributed by atoms with Gasteiger partial charge in [-0.1, -0.05) is 55.4 Å². The Morgan fingerprint density at radius 1 is 0.460 bits per heavy atom. The molecule has 0 unspecified atom stereocenters. The van der Waals surface area contributed by atoms with Gasteiger partial charge in [0.1, 0.15) is 40.1 Å². The molecule has 100 heavy (non-hydrogen) atoms. The Hall–Kier alpha value is -10.4. The lowest BCUT2D eigenvalue weighted by Crippen LogP contribution is -2.15. The van der Waals surface area contributed by atoms with Crippen LogP contribution in [0.5, 0.6) is 0 Å². The number of nitriles is 5. The number of rotatable bonds is 4. The summed E-state index contributed by atoms with van der Waals surface area (Å²) in [5, 5.41) is 50.0.